The fourth-order valence-electron chi connectivity index (χ4n) is 2.56. The van der Waals surface area contributed by atoms with Gasteiger partial charge in [0.15, 0.2) is 0 Å². The van der Waals surface area contributed by atoms with Crippen molar-refractivity contribution in [1.29, 1.82) is 0 Å². The summed E-state index contributed by atoms with van der Waals surface area (Å²) in [5, 5.41) is 5.70. The third-order valence-corrected chi connectivity index (χ3v) is 4.70. The molecule has 0 aliphatic rings. The average molecular weight is 343 g/mol. The van der Waals surface area contributed by atoms with E-state index in [2.05, 4.69) is 9.97 Å². The summed E-state index contributed by atoms with van der Waals surface area (Å²) in [5.74, 6) is 0.569. The maximum Gasteiger partial charge on any atom is 0.258 e. The summed E-state index contributed by atoms with van der Waals surface area (Å²) in [6, 6.07) is 12.0. The second kappa shape index (κ2) is 6.18. The fraction of sp³-hybridized carbons (Fsp3) is 0.176. The van der Waals surface area contributed by atoms with Gasteiger partial charge in [0.25, 0.3) is 5.56 Å². The molecule has 0 spiro atoms. The van der Waals surface area contributed by atoms with Crippen LogP contribution in [0.2, 0.25) is 0 Å². The predicted molar refractivity (Wildman–Crippen MR) is 92.3 cm³/mol. The van der Waals surface area contributed by atoms with Crippen molar-refractivity contribution in [3.8, 4) is 0 Å². The summed E-state index contributed by atoms with van der Waals surface area (Å²) in [6.45, 7) is 1.95. The van der Waals surface area contributed by atoms with Crippen LogP contribution in [0.1, 0.15) is 17.0 Å². The largest absolute Gasteiger partial charge is 0.310 e. The molecule has 0 saturated heterocycles. The number of hydrogen-bond donors (Lipinski definition) is 2. The van der Waals surface area contributed by atoms with Crippen LogP contribution in [0, 0.1) is 6.92 Å². The van der Waals surface area contributed by atoms with Gasteiger partial charge in [0.1, 0.15) is 5.82 Å². The molecule has 0 aliphatic heterocycles. The molecule has 7 heteroatoms. The monoisotopic (exact) mass is 343 g/mol. The second-order valence-electron chi connectivity index (χ2n) is 5.73. The first kappa shape index (κ1) is 16.4. The van der Waals surface area contributed by atoms with Gasteiger partial charge in [0.2, 0.25) is 10.0 Å². The molecule has 0 atom stereocenters. The number of benzene rings is 2. The normalized spacial score (nSPS) is 11.8. The van der Waals surface area contributed by atoms with Gasteiger partial charge >= 0.3 is 0 Å². The van der Waals surface area contributed by atoms with Gasteiger partial charge in [-0.25, -0.2) is 18.5 Å². The van der Waals surface area contributed by atoms with Gasteiger partial charge < -0.3 is 4.98 Å². The zero-order chi connectivity index (χ0) is 17.3. The van der Waals surface area contributed by atoms with Crippen molar-refractivity contribution in [2.24, 2.45) is 5.14 Å². The van der Waals surface area contributed by atoms with Crippen LogP contribution in [0.25, 0.3) is 10.9 Å². The zero-order valence-electron chi connectivity index (χ0n) is 13.1. The third-order valence-electron chi connectivity index (χ3n) is 3.79. The van der Waals surface area contributed by atoms with E-state index >= 15 is 0 Å². The van der Waals surface area contributed by atoms with Crippen molar-refractivity contribution >= 4 is 20.9 Å². The maximum absolute atomic E-state index is 12.1. The summed E-state index contributed by atoms with van der Waals surface area (Å²) >= 11 is 0. The van der Waals surface area contributed by atoms with Crippen LogP contribution in [-0.2, 0) is 22.9 Å². The first-order valence-electron chi connectivity index (χ1n) is 7.44. The van der Waals surface area contributed by atoms with Crippen LogP contribution in [-0.4, -0.2) is 18.4 Å². The Bertz CT molecular complexity index is 1070. The molecule has 3 N–H and O–H groups in total. The minimum atomic E-state index is -3.72. The lowest BCUT2D eigenvalue weighted by molar-refractivity contribution is 0.597. The lowest BCUT2D eigenvalue weighted by atomic mass is 10.1. The van der Waals surface area contributed by atoms with Crippen LogP contribution >= 0.6 is 0 Å². The molecule has 3 rings (SSSR count). The maximum atomic E-state index is 12.1. The van der Waals surface area contributed by atoms with Crippen molar-refractivity contribution in [3.63, 3.8) is 0 Å². The lowest BCUT2D eigenvalue weighted by Gasteiger charge is -2.05. The Morgan fingerprint density at radius 2 is 1.92 bits per heavy atom. The van der Waals surface area contributed by atoms with E-state index in [1.165, 1.54) is 6.07 Å². The third kappa shape index (κ3) is 3.52. The van der Waals surface area contributed by atoms with Crippen molar-refractivity contribution in [2.75, 3.05) is 0 Å². The molecule has 0 aliphatic carbocycles. The molecule has 0 fully saturated rings. The van der Waals surface area contributed by atoms with E-state index in [1.807, 2.05) is 25.1 Å². The Kier molecular flexibility index (Phi) is 4.21. The highest BCUT2D eigenvalue weighted by atomic mass is 32.2. The Balaban J connectivity index is 1.87. The lowest BCUT2D eigenvalue weighted by Crippen LogP contribution is -2.13. The van der Waals surface area contributed by atoms with E-state index in [0.717, 1.165) is 11.1 Å². The molecule has 6 nitrogen and oxygen atoms in total. The number of aromatic amines is 1. The minimum absolute atomic E-state index is 0.0792. The van der Waals surface area contributed by atoms with E-state index < -0.39 is 10.0 Å². The molecule has 0 bridgehead atoms. The number of rotatable bonds is 4. The standard InChI is InChI=1S/C17H17N3O3S/c1-11-5-7-14-15(9-11)19-16(20-17(14)21)8-6-12-3-2-4-13(10-12)24(18,22)23/h2-5,7,9-10H,6,8H2,1H3,(H2,18,22,23)(H,19,20,21). The first-order valence-corrected chi connectivity index (χ1v) is 8.99. The van der Waals surface area contributed by atoms with E-state index in [0.29, 0.717) is 29.6 Å². The van der Waals surface area contributed by atoms with Crippen LogP contribution in [0.5, 0.6) is 0 Å². The number of H-pyrrole nitrogens is 1. The average Bonchev–Trinajstić information content (AvgIpc) is 2.52. The van der Waals surface area contributed by atoms with Crippen LogP contribution in [0.15, 0.2) is 52.2 Å². The molecule has 0 saturated carbocycles. The Hall–Kier alpha value is -2.51. The molecule has 2 aromatic carbocycles. The van der Waals surface area contributed by atoms with Gasteiger partial charge in [0, 0.05) is 6.42 Å². The van der Waals surface area contributed by atoms with Gasteiger partial charge in [-0.1, -0.05) is 18.2 Å². The van der Waals surface area contributed by atoms with E-state index in [9.17, 15) is 13.2 Å². The number of hydrogen-bond acceptors (Lipinski definition) is 4. The number of primary sulfonamides is 1. The van der Waals surface area contributed by atoms with Gasteiger partial charge in [-0.15, -0.1) is 0 Å². The first-order chi connectivity index (χ1) is 11.3. The van der Waals surface area contributed by atoms with E-state index in [-0.39, 0.29) is 10.5 Å². The Morgan fingerprint density at radius 1 is 1.12 bits per heavy atom. The van der Waals surface area contributed by atoms with E-state index in [1.54, 1.807) is 18.2 Å². The number of nitrogens with zero attached hydrogens (tertiary/aromatic N) is 1. The highest BCUT2D eigenvalue weighted by Crippen LogP contribution is 2.13. The van der Waals surface area contributed by atoms with Crippen LogP contribution in [0.4, 0.5) is 0 Å². The quantitative estimate of drug-likeness (QED) is 0.751. The van der Waals surface area contributed by atoms with E-state index in [4.69, 9.17) is 5.14 Å². The highest BCUT2D eigenvalue weighted by Gasteiger charge is 2.09. The molecular weight excluding hydrogens is 326 g/mol. The summed E-state index contributed by atoms with van der Waals surface area (Å²) in [7, 11) is -3.72. The molecule has 3 aromatic rings. The number of fused-ring (bicyclic) bond motifs is 1. The predicted octanol–water partition coefficient (Wildman–Crippen LogP) is 1.66. The van der Waals surface area contributed by atoms with Gasteiger partial charge in [-0.3, -0.25) is 4.79 Å². The number of nitrogens with one attached hydrogen (secondary N) is 1. The van der Waals surface area contributed by atoms with Crippen LogP contribution < -0.4 is 10.7 Å². The van der Waals surface area contributed by atoms with Crippen molar-refractivity contribution < 1.29 is 8.42 Å². The summed E-state index contributed by atoms with van der Waals surface area (Å²) < 4.78 is 22.8. The van der Waals surface area contributed by atoms with Crippen molar-refractivity contribution in [1.82, 2.24) is 9.97 Å². The molecule has 0 amide bonds. The SMILES string of the molecule is Cc1ccc2c(=O)[nH]c(CCc3cccc(S(N)(=O)=O)c3)nc2c1. The van der Waals surface area contributed by atoms with Crippen LogP contribution in [0.3, 0.4) is 0 Å². The van der Waals surface area contributed by atoms with Gasteiger partial charge in [-0.2, -0.15) is 0 Å². The fourth-order valence-corrected chi connectivity index (χ4v) is 3.14. The number of sulfonamides is 1. The molecule has 1 heterocycles. The Labute approximate surface area is 139 Å². The second-order valence-corrected chi connectivity index (χ2v) is 7.29. The summed E-state index contributed by atoms with van der Waals surface area (Å²) in [5.41, 5.74) is 2.33. The summed E-state index contributed by atoms with van der Waals surface area (Å²) in [6.07, 6.45) is 1.04. The molecule has 0 radical (unpaired) electrons. The van der Waals surface area contributed by atoms with Gasteiger partial charge in [0.05, 0.1) is 15.8 Å². The molecule has 1 aromatic heterocycles. The highest BCUT2D eigenvalue weighted by molar-refractivity contribution is 7.89. The van der Waals surface area contributed by atoms with Crippen molar-refractivity contribution in [3.05, 3.63) is 69.8 Å². The molecule has 0 unspecified atom stereocenters. The van der Waals surface area contributed by atoms with Gasteiger partial charge in [-0.05, 0) is 48.7 Å². The minimum Gasteiger partial charge on any atom is -0.310 e. The van der Waals surface area contributed by atoms with Crippen molar-refractivity contribution in [2.45, 2.75) is 24.7 Å². The number of nitrogens with two attached hydrogens (primary N) is 1. The Morgan fingerprint density at radius 3 is 2.67 bits per heavy atom. The number of aromatic nitrogens is 2. The zero-order valence-corrected chi connectivity index (χ0v) is 13.9. The molecule has 124 valence electrons. The molecular formula is C17H17N3O3S. The smallest absolute Gasteiger partial charge is 0.258 e. The number of aryl methyl sites for hydroxylation is 3. The topological polar surface area (TPSA) is 106 Å². The molecule has 24 heavy (non-hydrogen) atoms. The summed E-state index contributed by atoms with van der Waals surface area (Å²) in [4.78, 5) is 19.5.